The summed E-state index contributed by atoms with van der Waals surface area (Å²) in [6, 6.07) is 11.4. The lowest BCUT2D eigenvalue weighted by atomic mass is 10.1. The molecule has 4 heteroatoms. The van der Waals surface area contributed by atoms with Crippen molar-refractivity contribution in [2.45, 2.75) is 20.8 Å². The van der Waals surface area contributed by atoms with Crippen LogP contribution in [0.4, 0.5) is 5.69 Å². The van der Waals surface area contributed by atoms with Gasteiger partial charge in [0, 0.05) is 11.1 Å². The Balaban J connectivity index is 1.95. The quantitative estimate of drug-likeness (QED) is 0.768. The molecule has 0 aliphatic carbocycles. The standard InChI is InChI=1S/C19H19NO3/c1-11-8-12(2)17(13(3)9-11)20-19(21)16-10-14-6-5-7-15(22-4)18(14)23-16/h5-10H,1-4H3,(H,20,21). The van der Waals surface area contributed by atoms with E-state index in [1.165, 1.54) is 5.56 Å². The van der Waals surface area contributed by atoms with Crippen LogP contribution in [0.25, 0.3) is 11.0 Å². The van der Waals surface area contributed by atoms with Crippen LogP contribution in [0, 0.1) is 20.8 Å². The number of anilines is 1. The van der Waals surface area contributed by atoms with E-state index in [1.807, 2.05) is 51.1 Å². The van der Waals surface area contributed by atoms with E-state index in [4.69, 9.17) is 9.15 Å². The van der Waals surface area contributed by atoms with E-state index in [-0.39, 0.29) is 11.7 Å². The topological polar surface area (TPSA) is 51.5 Å². The summed E-state index contributed by atoms with van der Waals surface area (Å²) in [5.41, 5.74) is 4.64. The molecular weight excluding hydrogens is 290 g/mol. The van der Waals surface area contributed by atoms with Crippen LogP contribution < -0.4 is 10.1 Å². The third-order valence-corrected chi connectivity index (χ3v) is 3.87. The molecule has 0 fully saturated rings. The summed E-state index contributed by atoms with van der Waals surface area (Å²) >= 11 is 0. The van der Waals surface area contributed by atoms with Gasteiger partial charge in [-0.2, -0.15) is 0 Å². The Morgan fingerprint density at radius 1 is 1.09 bits per heavy atom. The number of fused-ring (bicyclic) bond motifs is 1. The van der Waals surface area contributed by atoms with Gasteiger partial charge in [0.1, 0.15) is 0 Å². The van der Waals surface area contributed by atoms with E-state index in [0.29, 0.717) is 11.3 Å². The number of carbonyl (C=O) groups is 1. The Morgan fingerprint density at radius 3 is 2.43 bits per heavy atom. The third kappa shape index (κ3) is 2.80. The number of rotatable bonds is 3. The molecule has 1 aromatic heterocycles. The molecule has 23 heavy (non-hydrogen) atoms. The second-order valence-electron chi connectivity index (χ2n) is 5.72. The Labute approximate surface area is 135 Å². The molecule has 2 aromatic carbocycles. The van der Waals surface area contributed by atoms with Gasteiger partial charge in [-0.25, -0.2) is 0 Å². The first-order valence-electron chi connectivity index (χ1n) is 7.45. The van der Waals surface area contributed by atoms with Crippen molar-refractivity contribution in [1.29, 1.82) is 0 Å². The number of hydrogen-bond acceptors (Lipinski definition) is 3. The molecule has 1 amide bonds. The monoisotopic (exact) mass is 309 g/mol. The molecule has 0 spiro atoms. The van der Waals surface area contributed by atoms with E-state index in [1.54, 1.807) is 13.2 Å². The number of benzene rings is 2. The first-order valence-corrected chi connectivity index (χ1v) is 7.45. The number of furan rings is 1. The SMILES string of the molecule is COc1cccc2cc(C(=O)Nc3c(C)cc(C)cc3C)oc12. The van der Waals surface area contributed by atoms with E-state index in [2.05, 4.69) is 5.32 Å². The number of methoxy groups -OCH3 is 1. The van der Waals surface area contributed by atoms with Gasteiger partial charge in [-0.05, 0) is 44.0 Å². The molecule has 3 rings (SSSR count). The fourth-order valence-corrected chi connectivity index (χ4v) is 2.86. The number of para-hydroxylation sites is 1. The Morgan fingerprint density at radius 2 is 1.78 bits per heavy atom. The van der Waals surface area contributed by atoms with Crippen LogP contribution in [0.15, 0.2) is 40.8 Å². The van der Waals surface area contributed by atoms with Gasteiger partial charge < -0.3 is 14.5 Å². The number of ether oxygens (including phenoxy) is 1. The summed E-state index contributed by atoms with van der Waals surface area (Å²) in [5, 5.41) is 3.79. The van der Waals surface area contributed by atoms with Crippen molar-refractivity contribution in [3.8, 4) is 5.75 Å². The Kier molecular flexibility index (Phi) is 3.82. The van der Waals surface area contributed by atoms with Crippen molar-refractivity contribution >= 4 is 22.6 Å². The van der Waals surface area contributed by atoms with Crippen LogP contribution in [0.3, 0.4) is 0 Å². The lowest BCUT2D eigenvalue weighted by Gasteiger charge is -2.11. The lowest BCUT2D eigenvalue weighted by molar-refractivity contribution is 0.0998. The number of amides is 1. The van der Waals surface area contributed by atoms with Gasteiger partial charge in [0.2, 0.25) is 0 Å². The zero-order chi connectivity index (χ0) is 16.6. The molecule has 0 radical (unpaired) electrons. The molecule has 0 aliphatic heterocycles. The highest BCUT2D eigenvalue weighted by Gasteiger charge is 2.16. The van der Waals surface area contributed by atoms with Crippen molar-refractivity contribution in [2.24, 2.45) is 0 Å². The van der Waals surface area contributed by atoms with Crippen molar-refractivity contribution in [3.63, 3.8) is 0 Å². The molecule has 3 aromatic rings. The van der Waals surface area contributed by atoms with E-state index < -0.39 is 0 Å². The molecule has 4 nitrogen and oxygen atoms in total. The van der Waals surface area contributed by atoms with Crippen LogP contribution in [-0.2, 0) is 0 Å². The van der Waals surface area contributed by atoms with Crippen molar-refractivity contribution in [3.05, 3.63) is 58.8 Å². The number of carbonyl (C=O) groups excluding carboxylic acids is 1. The highest BCUT2D eigenvalue weighted by molar-refractivity contribution is 6.05. The molecule has 0 unspecified atom stereocenters. The number of hydrogen-bond donors (Lipinski definition) is 1. The van der Waals surface area contributed by atoms with Crippen LogP contribution >= 0.6 is 0 Å². The summed E-state index contributed by atoms with van der Waals surface area (Å²) in [6.45, 7) is 6.01. The van der Waals surface area contributed by atoms with Crippen molar-refractivity contribution < 1.29 is 13.9 Å². The maximum Gasteiger partial charge on any atom is 0.291 e. The van der Waals surface area contributed by atoms with Gasteiger partial charge in [0.15, 0.2) is 17.1 Å². The lowest BCUT2D eigenvalue weighted by Crippen LogP contribution is -2.13. The summed E-state index contributed by atoms with van der Waals surface area (Å²) in [6.07, 6.45) is 0. The molecule has 0 saturated heterocycles. The third-order valence-electron chi connectivity index (χ3n) is 3.87. The average Bonchev–Trinajstić information content (AvgIpc) is 2.94. The molecule has 0 atom stereocenters. The zero-order valence-electron chi connectivity index (χ0n) is 13.7. The maximum absolute atomic E-state index is 12.5. The molecule has 1 N–H and O–H groups in total. The van der Waals surface area contributed by atoms with Crippen molar-refractivity contribution in [2.75, 3.05) is 12.4 Å². The molecule has 0 saturated carbocycles. The normalized spacial score (nSPS) is 10.8. The fraction of sp³-hybridized carbons (Fsp3) is 0.211. The summed E-state index contributed by atoms with van der Waals surface area (Å²) in [4.78, 5) is 12.5. The smallest absolute Gasteiger partial charge is 0.291 e. The molecule has 0 aliphatic rings. The minimum absolute atomic E-state index is 0.265. The predicted octanol–water partition coefficient (Wildman–Crippen LogP) is 4.62. The first-order chi connectivity index (χ1) is 11.0. The van der Waals surface area contributed by atoms with Gasteiger partial charge in [0.05, 0.1) is 7.11 Å². The minimum Gasteiger partial charge on any atom is -0.493 e. The fourth-order valence-electron chi connectivity index (χ4n) is 2.86. The van der Waals surface area contributed by atoms with Gasteiger partial charge in [-0.3, -0.25) is 4.79 Å². The van der Waals surface area contributed by atoms with Crippen LogP contribution in [0.2, 0.25) is 0 Å². The predicted molar refractivity (Wildman–Crippen MR) is 91.4 cm³/mol. The summed E-state index contributed by atoms with van der Waals surface area (Å²) in [5.74, 6) is 0.617. The highest BCUT2D eigenvalue weighted by atomic mass is 16.5. The second kappa shape index (κ2) is 5.80. The highest BCUT2D eigenvalue weighted by Crippen LogP contribution is 2.29. The van der Waals surface area contributed by atoms with Gasteiger partial charge in [-0.1, -0.05) is 29.8 Å². The average molecular weight is 309 g/mol. The van der Waals surface area contributed by atoms with Gasteiger partial charge >= 0.3 is 0 Å². The maximum atomic E-state index is 12.5. The molecule has 118 valence electrons. The van der Waals surface area contributed by atoms with Crippen LogP contribution in [-0.4, -0.2) is 13.0 Å². The molecule has 0 bridgehead atoms. The van der Waals surface area contributed by atoms with Gasteiger partial charge in [0.25, 0.3) is 5.91 Å². The zero-order valence-corrected chi connectivity index (χ0v) is 13.7. The summed E-state index contributed by atoms with van der Waals surface area (Å²) < 4.78 is 11.0. The van der Waals surface area contributed by atoms with E-state index in [0.717, 1.165) is 22.2 Å². The largest absolute Gasteiger partial charge is 0.493 e. The Hall–Kier alpha value is -2.75. The second-order valence-corrected chi connectivity index (χ2v) is 5.72. The molecule has 1 heterocycles. The van der Waals surface area contributed by atoms with Crippen LogP contribution in [0.5, 0.6) is 5.75 Å². The van der Waals surface area contributed by atoms with E-state index >= 15 is 0 Å². The first kappa shape index (κ1) is 15.2. The molecular formula is C19H19NO3. The van der Waals surface area contributed by atoms with Crippen LogP contribution in [0.1, 0.15) is 27.2 Å². The Bertz CT molecular complexity index is 870. The van der Waals surface area contributed by atoms with Crippen molar-refractivity contribution in [1.82, 2.24) is 0 Å². The van der Waals surface area contributed by atoms with E-state index in [9.17, 15) is 4.79 Å². The summed E-state index contributed by atoms with van der Waals surface area (Å²) in [7, 11) is 1.58. The number of aryl methyl sites for hydroxylation is 3. The minimum atomic E-state index is -0.265. The van der Waals surface area contributed by atoms with Gasteiger partial charge in [-0.15, -0.1) is 0 Å². The number of nitrogens with one attached hydrogen (secondary N) is 1.